The van der Waals surface area contributed by atoms with Crippen LogP contribution in [0.3, 0.4) is 0 Å². The Morgan fingerprint density at radius 3 is 2.75 bits per heavy atom. The van der Waals surface area contributed by atoms with Gasteiger partial charge in [-0.3, -0.25) is 9.59 Å². The second-order valence-corrected chi connectivity index (χ2v) is 6.29. The van der Waals surface area contributed by atoms with Crippen LogP contribution in [0.5, 0.6) is 0 Å². The van der Waals surface area contributed by atoms with Gasteiger partial charge >= 0.3 is 5.97 Å². The summed E-state index contributed by atoms with van der Waals surface area (Å²) in [7, 11) is 0. The number of carbonyl (C=O) groups excluding carboxylic acids is 1. The number of amides is 1. The van der Waals surface area contributed by atoms with Crippen molar-refractivity contribution in [1.29, 1.82) is 0 Å². The molecule has 5 nitrogen and oxygen atoms in total. The lowest BCUT2D eigenvalue weighted by atomic mass is 9.90. The normalized spacial score (nSPS) is 22.9. The van der Waals surface area contributed by atoms with Crippen LogP contribution in [0.1, 0.15) is 47.1 Å². The van der Waals surface area contributed by atoms with Crippen LogP contribution in [0, 0.1) is 12.8 Å². The van der Waals surface area contributed by atoms with Crippen LogP contribution in [0.2, 0.25) is 0 Å². The largest absolute Gasteiger partial charge is 0.481 e. The molecular weight excluding hydrogens is 276 g/mol. The predicted octanol–water partition coefficient (Wildman–Crippen LogP) is 2.34. The molecule has 1 saturated heterocycles. The number of carboxylic acids is 1. The third-order valence-electron chi connectivity index (χ3n) is 3.90. The van der Waals surface area contributed by atoms with Crippen molar-refractivity contribution < 1.29 is 14.7 Å². The Morgan fingerprint density at radius 2 is 2.20 bits per heavy atom. The predicted molar refractivity (Wildman–Crippen MR) is 77.1 cm³/mol. The number of thiazole rings is 1. The molecule has 1 amide bonds. The van der Waals surface area contributed by atoms with Crippen molar-refractivity contribution >= 4 is 23.2 Å². The van der Waals surface area contributed by atoms with Crippen molar-refractivity contribution in [2.24, 2.45) is 5.92 Å². The summed E-state index contributed by atoms with van der Waals surface area (Å²) in [5, 5.41) is 10.2. The van der Waals surface area contributed by atoms with Gasteiger partial charge in [0.25, 0.3) is 5.91 Å². The highest BCUT2D eigenvalue weighted by Crippen LogP contribution is 2.28. The molecule has 110 valence electrons. The van der Waals surface area contributed by atoms with Crippen molar-refractivity contribution in [3.63, 3.8) is 0 Å². The minimum Gasteiger partial charge on any atom is -0.481 e. The highest BCUT2D eigenvalue weighted by atomic mass is 32.1. The smallest absolute Gasteiger partial charge is 0.308 e. The molecule has 0 radical (unpaired) electrons. The van der Waals surface area contributed by atoms with Gasteiger partial charge in [0.1, 0.15) is 4.88 Å². The van der Waals surface area contributed by atoms with Gasteiger partial charge in [-0.1, -0.05) is 6.92 Å². The molecule has 1 fully saturated rings. The van der Waals surface area contributed by atoms with Crippen molar-refractivity contribution in [2.45, 2.75) is 46.1 Å². The number of hydrogen-bond donors (Lipinski definition) is 1. The molecule has 0 aliphatic carbocycles. The number of aliphatic carboxylic acids is 1. The van der Waals surface area contributed by atoms with Gasteiger partial charge in [0, 0.05) is 12.6 Å². The first kappa shape index (κ1) is 15.0. The standard InChI is InChI=1S/C14H20N2O3S/c1-4-11-15-8(2)12(20-11)13(17)16-7-5-6-10(9(16)3)14(18)19/h9-10H,4-7H2,1-3H3,(H,18,19)/t9-,10-/m0/s1. The zero-order chi connectivity index (χ0) is 14.9. The summed E-state index contributed by atoms with van der Waals surface area (Å²) in [6, 6.07) is -0.264. The number of nitrogens with zero attached hydrogens (tertiary/aromatic N) is 2. The van der Waals surface area contributed by atoms with E-state index in [2.05, 4.69) is 4.98 Å². The molecule has 6 heteroatoms. The lowest BCUT2D eigenvalue weighted by Crippen LogP contribution is -2.49. The number of rotatable bonds is 3. The molecule has 1 aromatic heterocycles. The van der Waals surface area contributed by atoms with Crippen molar-refractivity contribution in [3.05, 3.63) is 15.6 Å². The monoisotopic (exact) mass is 296 g/mol. The van der Waals surface area contributed by atoms with Crippen LogP contribution in [0.4, 0.5) is 0 Å². The molecule has 2 rings (SSSR count). The van der Waals surface area contributed by atoms with Crippen molar-refractivity contribution in [1.82, 2.24) is 9.88 Å². The van der Waals surface area contributed by atoms with Crippen LogP contribution >= 0.6 is 11.3 Å². The summed E-state index contributed by atoms with van der Waals surface area (Å²) in [6.45, 7) is 6.30. The molecule has 1 aliphatic heterocycles. The van der Waals surface area contributed by atoms with Gasteiger partial charge in [-0.25, -0.2) is 4.98 Å². The van der Waals surface area contributed by atoms with E-state index < -0.39 is 11.9 Å². The van der Waals surface area contributed by atoms with Crippen LogP contribution in [0.15, 0.2) is 0 Å². The quantitative estimate of drug-likeness (QED) is 0.929. The first-order valence-electron chi connectivity index (χ1n) is 6.95. The highest BCUT2D eigenvalue weighted by Gasteiger charge is 2.36. The molecule has 0 aromatic carbocycles. The van der Waals surface area contributed by atoms with Crippen LogP contribution in [-0.2, 0) is 11.2 Å². The molecule has 0 bridgehead atoms. The van der Waals surface area contributed by atoms with E-state index >= 15 is 0 Å². The van der Waals surface area contributed by atoms with E-state index in [0.29, 0.717) is 17.8 Å². The molecule has 2 heterocycles. The van der Waals surface area contributed by atoms with Gasteiger partial charge in [-0.15, -0.1) is 11.3 Å². The second kappa shape index (κ2) is 5.91. The Hall–Kier alpha value is -1.43. The van der Waals surface area contributed by atoms with Gasteiger partial charge in [0.2, 0.25) is 0 Å². The number of aromatic nitrogens is 1. The fourth-order valence-electron chi connectivity index (χ4n) is 2.69. The van der Waals surface area contributed by atoms with Crippen molar-refractivity contribution in [3.8, 4) is 0 Å². The van der Waals surface area contributed by atoms with E-state index in [9.17, 15) is 14.7 Å². The fourth-order valence-corrected chi connectivity index (χ4v) is 3.65. The molecule has 0 unspecified atom stereocenters. The zero-order valence-electron chi connectivity index (χ0n) is 12.0. The van der Waals surface area contributed by atoms with E-state index in [0.717, 1.165) is 23.5 Å². The highest BCUT2D eigenvalue weighted by molar-refractivity contribution is 7.13. The number of aryl methyl sites for hydroxylation is 2. The van der Waals surface area contributed by atoms with Crippen LogP contribution in [-0.4, -0.2) is 39.5 Å². The van der Waals surface area contributed by atoms with E-state index in [-0.39, 0.29) is 11.9 Å². The SMILES string of the molecule is CCc1nc(C)c(C(=O)N2CCC[C@H](C(=O)O)[C@@H]2C)s1. The lowest BCUT2D eigenvalue weighted by molar-refractivity contribution is -0.144. The molecule has 20 heavy (non-hydrogen) atoms. The molecule has 1 aliphatic rings. The third-order valence-corrected chi connectivity index (χ3v) is 5.19. The molecule has 1 N–H and O–H groups in total. The third kappa shape index (κ3) is 2.70. The summed E-state index contributed by atoms with van der Waals surface area (Å²) >= 11 is 1.42. The Bertz CT molecular complexity index is 526. The maximum absolute atomic E-state index is 12.6. The van der Waals surface area contributed by atoms with Gasteiger partial charge < -0.3 is 10.0 Å². The topological polar surface area (TPSA) is 70.5 Å². The van der Waals surface area contributed by atoms with E-state index in [1.165, 1.54) is 11.3 Å². The first-order chi connectivity index (χ1) is 9.45. The number of carbonyl (C=O) groups is 2. The summed E-state index contributed by atoms with van der Waals surface area (Å²) in [5.74, 6) is -1.35. The fraction of sp³-hybridized carbons (Fsp3) is 0.643. The summed E-state index contributed by atoms with van der Waals surface area (Å²) in [4.78, 5) is 30.6. The molecule has 1 aromatic rings. The molecule has 2 atom stereocenters. The Balaban J connectivity index is 2.23. The number of carboxylic acid groups (broad SMARTS) is 1. The summed E-state index contributed by atoms with van der Waals surface area (Å²) in [6.07, 6.45) is 2.19. The maximum atomic E-state index is 12.6. The van der Waals surface area contributed by atoms with Gasteiger partial charge in [-0.2, -0.15) is 0 Å². The molecule has 0 saturated carbocycles. The van der Waals surface area contributed by atoms with Crippen molar-refractivity contribution in [2.75, 3.05) is 6.54 Å². The van der Waals surface area contributed by atoms with E-state index in [1.807, 2.05) is 20.8 Å². The van der Waals surface area contributed by atoms with Gasteiger partial charge in [0.05, 0.1) is 16.6 Å². The Labute approximate surface area is 122 Å². The average Bonchev–Trinajstić information content (AvgIpc) is 2.79. The zero-order valence-corrected chi connectivity index (χ0v) is 12.9. The van der Waals surface area contributed by atoms with Crippen LogP contribution < -0.4 is 0 Å². The minimum absolute atomic E-state index is 0.0712. The first-order valence-corrected chi connectivity index (χ1v) is 7.77. The Morgan fingerprint density at radius 1 is 1.50 bits per heavy atom. The maximum Gasteiger partial charge on any atom is 0.308 e. The molecular formula is C14H20N2O3S. The number of piperidine rings is 1. The lowest BCUT2D eigenvalue weighted by Gasteiger charge is -2.37. The van der Waals surface area contributed by atoms with Gasteiger partial charge in [0.15, 0.2) is 0 Å². The minimum atomic E-state index is -0.815. The molecule has 0 spiro atoms. The summed E-state index contributed by atoms with van der Waals surface area (Å²) in [5.41, 5.74) is 0.751. The summed E-state index contributed by atoms with van der Waals surface area (Å²) < 4.78 is 0. The van der Waals surface area contributed by atoms with E-state index in [4.69, 9.17) is 0 Å². The second-order valence-electron chi connectivity index (χ2n) is 5.20. The van der Waals surface area contributed by atoms with E-state index in [1.54, 1.807) is 4.90 Å². The number of hydrogen-bond acceptors (Lipinski definition) is 4. The van der Waals surface area contributed by atoms with Gasteiger partial charge in [-0.05, 0) is 33.1 Å². The van der Waals surface area contributed by atoms with Crippen LogP contribution in [0.25, 0.3) is 0 Å². The number of likely N-dealkylation sites (tertiary alicyclic amines) is 1. The Kier molecular flexibility index (Phi) is 4.42. The average molecular weight is 296 g/mol.